The molecule has 2 aromatic carbocycles. The minimum absolute atomic E-state index is 0.290. The molecule has 2 aromatic rings. The summed E-state index contributed by atoms with van der Waals surface area (Å²) in [7, 11) is 0. The van der Waals surface area contributed by atoms with Crippen molar-refractivity contribution < 1.29 is 19.0 Å². The number of carbonyl (C=O) groups is 1. The van der Waals surface area contributed by atoms with Gasteiger partial charge in [0, 0.05) is 11.3 Å². The number of rotatable bonds is 5. The summed E-state index contributed by atoms with van der Waals surface area (Å²) < 4.78 is 17.9. The zero-order valence-electron chi connectivity index (χ0n) is 17.6. The molecule has 3 atom stereocenters. The van der Waals surface area contributed by atoms with Crippen LogP contribution < -0.4 is 19.7 Å². The van der Waals surface area contributed by atoms with Crippen LogP contribution in [0.2, 0.25) is 0 Å². The molecule has 2 heterocycles. The van der Waals surface area contributed by atoms with E-state index in [1.165, 1.54) is 0 Å². The van der Waals surface area contributed by atoms with Gasteiger partial charge in [-0.15, -0.1) is 0 Å². The second kappa shape index (κ2) is 7.80. The van der Waals surface area contributed by atoms with E-state index in [9.17, 15) is 4.79 Å². The molecule has 1 fully saturated rings. The fourth-order valence-electron chi connectivity index (χ4n) is 4.41. The molecule has 30 heavy (non-hydrogen) atoms. The quantitative estimate of drug-likeness (QED) is 0.570. The molecule has 0 saturated carbocycles. The molecule has 0 aromatic heterocycles. The molecular weight excluding hydrogens is 400 g/mol. The van der Waals surface area contributed by atoms with Crippen LogP contribution in [-0.4, -0.2) is 30.0 Å². The van der Waals surface area contributed by atoms with Crippen molar-refractivity contribution in [2.45, 2.75) is 39.5 Å². The van der Waals surface area contributed by atoms with Gasteiger partial charge in [0.2, 0.25) is 5.72 Å². The van der Waals surface area contributed by atoms with Crippen molar-refractivity contribution in [2.24, 2.45) is 5.92 Å². The molecule has 0 amide bonds. The number of thiocarbonyl (C=S) groups is 1. The third kappa shape index (κ3) is 3.08. The Morgan fingerprint density at radius 1 is 1.20 bits per heavy atom. The van der Waals surface area contributed by atoms with E-state index in [0.717, 1.165) is 16.8 Å². The number of nitrogens with zero attached hydrogens (tertiary/aromatic N) is 1. The number of esters is 1. The van der Waals surface area contributed by atoms with Gasteiger partial charge in [-0.05, 0) is 57.6 Å². The highest BCUT2D eigenvalue weighted by Gasteiger charge is 2.60. The Morgan fingerprint density at radius 3 is 2.67 bits per heavy atom. The molecule has 1 saturated heterocycles. The summed E-state index contributed by atoms with van der Waals surface area (Å²) >= 11 is 5.76. The van der Waals surface area contributed by atoms with Gasteiger partial charge in [-0.3, -0.25) is 9.69 Å². The van der Waals surface area contributed by atoms with E-state index in [-0.39, 0.29) is 12.0 Å². The minimum atomic E-state index is -1.09. The van der Waals surface area contributed by atoms with Crippen LogP contribution in [0.1, 0.15) is 37.9 Å². The Kier molecular flexibility index (Phi) is 5.32. The highest BCUT2D eigenvalue weighted by atomic mass is 32.1. The molecule has 6 nitrogen and oxygen atoms in total. The predicted octanol–water partition coefficient (Wildman–Crippen LogP) is 4.12. The number of nitrogens with one attached hydrogen (secondary N) is 1. The van der Waals surface area contributed by atoms with Gasteiger partial charge in [0.25, 0.3) is 0 Å². The molecule has 0 unspecified atom stereocenters. The lowest BCUT2D eigenvalue weighted by molar-refractivity contribution is -0.159. The topological polar surface area (TPSA) is 60.0 Å². The van der Waals surface area contributed by atoms with Crippen LogP contribution in [0, 0.1) is 12.8 Å². The molecule has 7 heteroatoms. The largest absolute Gasteiger partial charge is 0.490 e. The lowest BCUT2D eigenvalue weighted by Crippen LogP contribution is -2.72. The number of carbonyl (C=O) groups excluding carboxylic acids is 1. The fourth-order valence-corrected chi connectivity index (χ4v) is 4.82. The molecule has 2 aliphatic rings. The van der Waals surface area contributed by atoms with E-state index in [1.54, 1.807) is 6.92 Å². The molecule has 1 N–H and O–H groups in total. The standard InChI is InChI=1S/C23H26N2O4S/c1-5-27-17-13-9-11-15-19-18(21(26)28-6-2)23(4,29-20(15)17)25(22(30)24-19)16-12-8-7-10-14(16)3/h7-13,18-19H,5-6H2,1-4H3,(H,24,30)/t18-,19-,23-/m0/s1. The first-order chi connectivity index (χ1) is 14.4. The maximum atomic E-state index is 13.2. The lowest BCUT2D eigenvalue weighted by atomic mass is 9.79. The normalized spacial score (nSPS) is 24.4. The van der Waals surface area contributed by atoms with Gasteiger partial charge < -0.3 is 19.5 Å². The van der Waals surface area contributed by atoms with E-state index in [0.29, 0.717) is 29.8 Å². The Labute approximate surface area is 182 Å². The van der Waals surface area contributed by atoms with E-state index in [1.807, 2.05) is 68.1 Å². The zero-order chi connectivity index (χ0) is 21.5. The van der Waals surface area contributed by atoms with Crippen LogP contribution in [0.15, 0.2) is 42.5 Å². The first-order valence-corrected chi connectivity index (χ1v) is 10.6. The van der Waals surface area contributed by atoms with Crippen LogP contribution in [-0.2, 0) is 9.53 Å². The maximum absolute atomic E-state index is 13.2. The lowest BCUT2D eigenvalue weighted by Gasteiger charge is -2.55. The monoisotopic (exact) mass is 426 g/mol. The van der Waals surface area contributed by atoms with Crippen LogP contribution in [0.5, 0.6) is 11.5 Å². The van der Waals surface area contributed by atoms with E-state index >= 15 is 0 Å². The van der Waals surface area contributed by atoms with Crippen LogP contribution in [0.25, 0.3) is 0 Å². The Hall–Kier alpha value is -2.80. The Morgan fingerprint density at radius 2 is 1.97 bits per heavy atom. The zero-order valence-corrected chi connectivity index (χ0v) is 18.4. The summed E-state index contributed by atoms with van der Waals surface area (Å²) in [5.41, 5.74) is 1.65. The average Bonchev–Trinajstić information content (AvgIpc) is 2.70. The molecule has 2 bridgehead atoms. The Balaban J connectivity index is 1.93. The molecule has 0 aliphatic carbocycles. The maximum Gasteiger partial charge on any atom is 0.317 e. The first-order valence-electron chi connectivity index (χ1n) is 10.2. The van der Waals surface area contributed by atoms with Crippen LogP contribution in [0.4, 0.5) is 5.69 Å². The van der Waals surface area contributed by atoms with Gasteiger partial charge in [0.05, 0.1) is 19.3 Å². The SMILES string of the molecule is CCOC(=O)[C@@H]1[C@H]2NC(=S)N(c3ccccc3C)[C@@]1(C)Oc1c(OCC)cccc12. The molecule has 0 radical (unpaired) electrons. The second-order valence-electron chi connectivity index (χ2n) is 7.54. The van der Waals surface area contributed by atoms with Crippen molar-refractivity contribution >= 4 is 29.0 Å². The van der Waals surface area contributed by atoms with Crippen molar-refractivity contribution in [2.75, 3.05) is 18.1 Å². The van der Waals surface area contributed by atoms with Crippen molar-refractivity contribution in [1.82, 2.24) is 5.32 Å². The number of anilines is 1. The van der Waals surface area contributed by atoms with Gasteiger partial charge in [-0.2, -0.15) is 0 Å². The van der Waals surface area contributed by atoms with Gasteiger partial charge in [-0.1, -0.05) is 30.3 Å². The van der Waals surface area contributed by atoms with Gasteiger partial charge in [0.15, 0.2) is 16.6 Å². The van der Waals surface area contributed by atoms with Crippen LogP contribution in [0.3, 0.4) is 0 Å². The average molecular weight is 427 g/mol. The van der Waals surface area contributed by atoms with Crippen molar-refractivity contribution in [1.29, 1.82) is 0 Å². The Bertz CT molecular complexity index is 995. The molecule has 158 valence electrons. The number of ether oxygens (including phenoxy) is 3. The third-order valence-electron chi connectivity index (χ3n) is 5.69. The first kappa shape index (κ1) is 20.5. The molecule has 0 spiro atoms. The predicted molar refractivity (Wildman–Crippen MR) is 119 cm³/mol. The number of benzene rings is 2. The van der Waals surface area contributed by atoms with E-state index in [2.05, 4.69) is 5.32 Å². The van der Waals surface area contributed by atoms with Gasteiger partial charge >= 0.3 is 5.97 Å². The van der Waals surface area contributed by atoms with Crippen molar-refractivity contribution in [3.8, 4) is 11.5 Å². The number of fused-ring (bicyclic) bond motifs is 4. The highest BCUT2D eigenvalue weighted by molar-refractivity contribution is 7.80. The summed E-state index contributed by atoms with van der Waals surface area (Å²) in [5, 5.41) is 3.89. The van der Waals surface area contributed by atoms with Crippen LogP contribution >= 0.6 is 12.2 Å². The number of hydrogen-bond acceptors (Lipinski definition) is 5. The van der Waals surface area contributed by atoms with Gasteiger partial charge in [0.1, 0.15) is 5.92 Å². The summed E-state index contributed by atoms with van der Waals surface area (Å²) in [6.07, 6.45) is 0. The summed E-state index contributed by atoms with van der Waals surface area (Å²) in [6, 6.07) is 13.2. The number of hydrogen-bond donors (Lipinski definition) is 1. The summed E-state index contributed by atoms with van der Waals surface area (Å²) in [5.74, 6) is 0.313. The van der Waals surface area contributed by atoms with E-state index < -0.39 is 11.6 Å². The minimum Gasteiger partial charge on any atom is -0.490 e. The molecule has 4 rings (SSSR count). The number of aryl methyl sites for hydroxylation is 1. The highest BCUT2D eigenvalue weighted by Crippen LogP contribution is 2.52. The fraction of sp³-hybridized carbons (Fsp3) is 0.391. The third-order valence-corrected chi connectivity index (χ3v) is 5.99. The number of para-hydroxylation sites is 2. The summed E-state index contributed by atoms with van der Waals surface area (Å²) in [4.78, 5) is 15.1. The van der Waals surface area contributed by atoms with Gasteiger partial charge in [-0.25, -0.2) is 0 Å². The van der Waals surface area contributed by atoms with Crippen molar-refractivity contribution in [3.05, 3.63) is 53.6 Å². The van der Waals surface area contributed by atoms with Crippen molar-refractivity contribution in [3.63, 3.8) is 0 Å². The molecular formula is C23H26N2O4S. The van der Waals surface area contributed by atoms with E-state index in [4.69, 9.17) is 26.4 Å². The second-order valence-corrected chi connectivity index (χ2v) is 7.93. The smallest absolute Gasteiger partial charge is 0.317 e. The molecule has 2 aliphatic heterocycles. The summed E-state index contributed by atoms with van der Waals surface area (Å²) in [6.45, 7) is 8.44.